The first-order valence-corrected chi connectivity index (χ1v) is 10.3. The van der Waals surface area contributed by atoms with E-state index >= 15 is 0 Å². The van der Waals surface area contributed by atoms with E-state index in [0.717, 1.165) is 25.0 Å². The topological polar surface area (TPSA) is 52.6 Å². The van der Waals surface area contributed by atoms with Crippen molar-refractivity contribution in [1.29, 1.82) is 0 Å². The lowest BCUT2D eigenvalue weighted by Gasteiger charge is -2.16. The number of para-hydroxylation sites is 1. The van der Waals surface area contributed by atoms with Crippen LogP contribution in [-0.4, -0.2) is 18.4 Å². The van der Waals surface area contributed by atoms with Gasteiger partial charge in [0.05, 0.1) is 5.56 Å². The average Bonchev–Trinajstić information content (AvgIpc) is 2.81. The zero-order chi connectivity index (χ0) is 20.8. The third-order valence-electron chi connectivity index (χ3n) is 5.38. The van der Waals surface area contributed by atoms with Gasteiger partial charge in [-0.1, -0.05) is 48.5 Å². The van der Waals surface area contributed by atoms with Crippen molar-refractivity contribution in [2.24, 2.45) is 0 Å². The van der Waals surface area contributed by atoms with Crippen LogP contribution in [0.4, 0.5) is 0 Å². The van der Waals surface area contributed by atoms with Crippen molar-refractivity contribution < 1.29 is 19.1 Å². The van der Waals surface area contributed by atoms with E-state index < -0.39 is 5.97 Å². The maximum Gasteiger partial charge on any atom is 0.338 e. The standard InChI is InChI=1S/C26H24O4/c27-25(21-15-14-19-8-4-5-9-20(19)16-21)18-30-26(28)24-13-7-6-10-22(24)17-29-23-11-2-1-3-12-23/h1-3,6-7,10-16H,4-5,8-9,17-18H2. The lowest BCUT2D eigenvalue weighted by Crippen LogP contribution is -2.16. The summed E-state index contributed by atoms with van der Waals surface area (Å²) in [6, 6.07) is 22.4. The minimum Gasteiger partial charge on any atom is -0.489 e. The van der Waals surface area contributed by atoms with Gasteiger partial charge in [0.1, 0.15) is 12.4 Å². The Bertz CT molecular complexity index is 1040. The van der Waals surface area contributed by atoms with Crippen LogP contribution in [0.3, 0.4) is 0 Å². The van der Waals surface area contributed by atoms with Gasteiger partial charge >= 0.3 is 5.97 Å². The molecule has 0 unspecified atom stereocenters. The molecular formula is C26H24O4. The number of carbonyl (C=O) groups excluding carboxylic acids is 2. The minimum atomic E-state index is -0.520. The Hall–Kier alpha value is -3.40. The van der Waals surface area contributed by atoms with Crippen molar-refractivity contribution in [1.82, 2.24) is 0 Å². The maximum atomic E-state index is 12.6. The van der Waals surface area contributed by atoms with Crippen molar-refractivity contribution in [3.63, 3.8) is 0 Å². The molecule has 0 heterocycles. The lowest BCUT2D eigenvalue weighted by atomic mass is 9.90. The molecule has 0 fully saturated rings. The van der Waals surface area contributed by atoms with Gasteiger partial charge in [-0.25, -0.2) is 4.79 Å². The van der Waals surface area contributed by atoms with Gasteiger partial charge in [0, 0.05) is 11.1 Å². The highest BCUT2D eigenvalue weighted by atomic mass is 16.5. The molecule has 3 aromatic rings. The monoisotopic (exact) mass is 400 g/mol. The molecule has 0 aliphatic heterocycles. The van der Waals surface area contributed by atoms with Crippen LogP contribution in [0.5, 0.6) is 5.75 Å². The molecule has 0 N–H and O–H groups in total. The molecule has 0 spiro atoms. The second kappa shape index (κ2) is 9.40. The van der Waals surface area contributed by atoms with Gasteiger partial charge in [0.2, 0.25) is 0 Å². The molecule has 0 bridgehead atoms. The highest BCUT2D eigenvalue weighted by molar-refractivity contribution is 5.99. The Kier molecular flexibility index (Phi) is 6.23. The second-order valence-corrected chi connectivity index (χ2v) is 7.45. The van der Waals surface area contributed by atoms with E-state index in [4.69, 9.17) is 9.47 Å². The van der Waals surface area contributed by atoms with Crippen LogP contribution in [0, 0.1) is 0 Å². The summed E-state index contributed by atoms with van der Waals surface area (Å²) in [5.74, 6) is 0.0200. The van der Waals surface area contributed by atoms with Crippen LogP contribution in [0.25, 0.3) is 0 Å². The molecule has 0 aromatic heterocycles. The Morgan fingerprint density at radius 3 is 2.37 bits per heavy atom. The quantitative estimate of drug-likeness (QED) is 0.405. The van der Waals surface area contributed by atoms with Crippen LogP contribution in [-0.2, 0) is 24.2 Å². The average molecular weight is 400 g/mol. The first-order chi connectivity index (χ1) is 14.7. The van der Waals surface area contributed by atoms with Crippen LogP contribution < -0.4 is 4.74 Å². The molecule has 0 saturated heterocycles. The molecule has 30 heavy (non-hydrogen) atoms. The predicted molar refractivity (Wildman–Crippen MR) is 115 cm³/mol. The Balaban J connectivity index is 1.39. The summed E-state index contributed by atoms with van der Waals surface area (Å²) in [5.41, 5.74) is 4.28. The first kappa shape index (κ1) is 19.9. The number of Topliss-reactive ketones (excluding diaryl/α,β-unsaturated/α-hetero) is 1. The summed E-state index contributed by atoms with van der Waals surface area (Å²) in [7, 11) is 0. The third-order valence-corrected chi connectivity index (χ3v) is 5.38. The SMILES string of the molecule is O=C(COC(=O)c1ccccc1COc1ccccc1)c1ccc2c(c1)CCCC2. The molecule has 0 atom stereocenters. The van der Waals surface area contributed by atoms with Crippen molar-refractivity contribution >= 4 is 11.8 Å². The molecule has 3 aromatic carbocycles. The predicted octanol–water partition coefficient (Wildman–Crippen LogP) is 5.18. The van der Waals surface area contributed by atoms with Gasteiger partial charge in [0.15, 0.2) is 12.4 Å². The normalized spacial score (nSPS) is 12.7. The fourth-order valence-electron chi connectivity index (χ4n) is 3.72. The Morgan fingerprint density at radius 1 is 0.800 bits per heavy atom. The van der Waals surface area contributed by atoms with E-state index in [-0.39, 0.29) is 19.0 Å². The van der Waals surface area contributed by atoms with E-state index in [1.54, 1.807) is 12.1 Å². The zero-order valence-electron chi connectivity index (χ0n) is 16.8. The summed E-state index contributed by atoms with van der Waals surface area (Å²) >= 11 is 0. The van der Waals surface area contributed by atoms with Gasteiger partial charge < -0.3 is 9.47 Å². The summed E-state index contributed by atoms with van der Waals surface area (Å²) in [6.07, 6.45) is 4.43. The number of fused-ring (bicyclic) bond motifs is 1. The molecule has 4 heteroatoms. The fourth-order valence-corrected chi connectivity index (χ4v) is 3.72. The van der Waals surface area contributed by atoms with Crippen molar-refractivity contribution in [2.75, 3.05) is 6.61 Å². The van der Waals surface area contributed by atoms with Gasteiger partial charge in [-0.05, 0) is 61.1 Å². The summed E-state index contributed by atoms with van der Waals surface area (Å²) in [4.78, 5) is 25.2. The van der Waals surface area contributed by atoms with Gasteiger partial charge in [-0.2, -0.15) is 0 Å². The number of benzene rings is 3. The molecule has 4 rings (SSSR count). The smallest absolute Gasteiger partial charge is 0.338 e. The first-order valence-electron chi connectivity index (χ1n) is 10.3. The lowest BCUT2D eigenvalue weighted by molar-refractivity contribution is 0.0472. The zero-order valence-corrected chi connectivity index (χ0v) is 16.8. The molecule has 0 saturated carbocycles. The molecular weight excluding hydrogens is 376 g/mol. The van der Waals surface area contributed by atoms with Crippen molar-refractivity contribution in [3.8, 4) is 5.75 Å². The summed E-state index contributed by atoms with van der Waals surface area (Å²) in [6.45, 7) is -0.0282. The van der Waals surface area contributed by atoms with Crippen LogP contribution in [0.15, 0.2) is 72.8 Å². The van der Waals surface area contributed by atoms with E-state index in [0.29, 0.717) is 16.7 Å². The molecule has 0 amide bonds. The summed E-state index contributed by atoms with van der Waals surface area (Å²) in [5, 5.41) is 0. The van der Waals surface area contributed by atoms with Crippen LogP contribution >= 0.6 is 0 Å². The number of aryl methyl sites for hydroxylation is 2. The largest absolute Gasteiger partial charge is 0.489 e. The molecule has 4 nitrogen and oxygen atoms in total. The maximum absolute atomic E-state index is 12.6. The van der Waals surface area contributed by atoms with Gasteiger partial charge in [-0.3, -0.25) is 4.79 Å². The second-order valence-electron chi connectivity index (χ2n) is 7.45. The number of ether oxygens (including phenoxy) is 2. The number of carbonyl (C=O) groups is 2. The number of ketones is 1. The fraction of sp³-hybridized carbons (Fsp3) is 0.231. The highest BCUT2D eigenvalue weighted by Gasteiger charge is 2.17. The van der Waals surface area contributed by atoms with E-state index in [1.807, 2.05) is 60.7 Å². The van der Waals surface area contributed by atoms with Crippen LogP contribution in [0.2, 0.25) is 0 Å². The number of hydrogen-bond donors (Lipinski definition) is 0. The van der Waals surface area contributed by atoms with Crippen molar-refractivity contribution in [3.05, 3.63) is 101 Å². The molecule has 0 radical (unpaired) electrons. The highest BCUT2D eigenvalue weighted by Crippen LogP contribution is 2.22. The van der Waals surface area contributed by atoms with E-state index in [2.05, 4.69) is 0 Å². The van der Waals surface area contributed by atoms with E-state index in [1.165, 1.54) is 17.5 Å². The van der Waals surface area contributed by atoms with Gasteiger partial charge in [-0.15, -0.1) is 0 Å². The Morgan fingerprint density at radius 2 is 1.53 bits per heavy atom. The van der Waals surface area contributed by atoms with Crippen LogP contribution in [0.1, 0.15) is 50.2 Å². The number of hydrogen-bond acceptors (Lipinski definition) is 4. The number of esters is 1. The van der Waals surface area contributed by atoms with E-state index in [9.17, 15) is 9.59 Å². The molecule has 1 aliphatic rings. The molecule has 152 valence electrons. The molecule has 1 aliphatic carbocycles. The Labute approximate surface area is 176 Å². The summed E-state index contributed by atoms with van der Waals surface area (Å²) < 4.78 is 11.1. The minimum absolute atomic E-state index is 0.185. The van der Waals surface area contributed by atoms with Crippen molar-refractivity contribution in [2.45, 2.75) is 32.3 Å². The third kappa shape index (κ3) is 4.77. The van der Waals surface area contributed by atoms with Gasteiger partial charge in [0.25, 0.3) is 0 Å². The number of rotatable bonds is 7.